The number of nitrogens with two attached hydrogens (primary N) is 1. The summed E-state index contributed by atoms with van der Waals surface area (Å²) in [4.78, 5) is 9.36. The Morgan fingerprint density at radius 2 is 2.00 bits per heavy atom. The molecule has 0 amide bonds. The van der Waals surface area contributed by atoms with Crippen molar-refractivity contribution < 1.29 is 4.39 Å². The number of nitrogens with one attached hydrogen (secondary N) is 1. The van der Waals surface area contributed by atoms with Gasteiger partial charge < -0.3 is 5.43 Å². The lowest BCUT2D eigenvalue weighted by atomic mass is 10.2. The lowest BCUT2D eigenvalue weighted by molar-refractivity contribution is 0.630. The molecule has 3 rings (SSSR count). The minimum atomic E-state index is -0.351. The van der Waals surface area contributed by atoms with Crippen LogP contribution < -0.4 is 11.3 Å². The molecule has 1 aromatic carbocycles. The highest BCUT2D eigenvalue weighted by molar-refractivity contribution is 7.16. The van der Waals surface area contributed by atoms with Crippen molar-refractivity contribution in [2.75, 3.05) is 5.43 Å². The number of benzene rings is 1. The van der Waals surface area contributed by atoms with E-state index < -0.39 is 0 Å². The summed E-state index contributed by atoms with van der Waals surface area (Å²) in [6.45, 7) is 0. The molecular weight excluding hydrogens is 251 g/mol. The van der Waals surface area contributed by atoms with E-state index in [9.17, 15) is 4.39 Å². The molecule has 0 radical (unpaired) electrons. The van der Waals surface area contributed by atoms with E-state index in [1.807, 2.05) is 11.4 Å². The van der Waals surface area contributed by atoms with Crippen molar-refractivity contribution in [1.29, 1.82) is 0 Å². The molecule has 0 spiro atoms. The van der Waals surface area contributed by atoms with Gasteiger partial charge in [-0.3, -0.25) is 0 Å². The summed E-state index contributed by atoms with van der Waals surface area (Å²) in [5, 5.41) is 2.73. The molecule has 0 bridgehead atoms. The van der Waals surface area contributed by atoms with Crippen LogP contribution in [0.15, 0.2) is 35.7 Å². The number of nitrogen functional groups attached to an aromatic ring is 1. The fourth-order valence-electron chi connectivity index (χ4n) is 1.73. The molecule has 0 fully saturated rings. The number of hydrogen-bond donors (Lipinski definition) is 2. The van der Waals surface area contributed by atoms with Crippen LogP contribution >= 0.6 is 11.3 Å². The zero-order valence-corrected chi connectivity index (χ0v) is 10.0. The van der Waals surface area contributed by atoms with Gasteiger partial charge in [-0.25, -0.2) is 20.2 Å². The summed E-state index contributed by atoms with van der Waals surface area (Å²) in [6.07, 6.45) is 0. The van der Waals surface area contributed by atoms with Gasteiger partial charge in [0.1, 0.15) is 10.6 Å². The van der Waals surface area contributed by atoms with Gasteiger partial charge in [-0.15, -0.1) is 11.3 Å². The van der Waals surface area contributed by atoms with E-state index in [1.165, 1.54) is 17.4 Å². The van der Waals surface area contributed by atoms with Gasteiger partial charge in [-0.05, 0) is 23.6 Å². The van der Waals surface area contributed by atoms with Gasteiger partial charge in [0.05, 0.1) is 10.9 Å². The molecule has 3 N–H and O–H groups in total. The molecule has 6 heteroatoms. The second-order valence-electron chi connectivity index (χ2n) is 3.66. The Hall–Kier alpha value is -2.05. The molecule has 0 aliphatic carbocycles. The van der Waals surface area contributed by atoms with E-state index in [1.54, 1.807) is 18.2 Å². The summed E-state index contributed by atoms with van der Waals surface area (Å²) in [5.41, 5.74) is 2.88. The van der Waals surface area contributed by atoms with E-state index in [2.05, 4.69) is 15.4 Å². The standard InChI is InChI=1S/C12H9FN4S/c13-9-4-2-1-3-7(9)10-15-11(17-14)8-5-6-18-12(8)16-10/h1-6H,14H2,(H,15,16,17). The number of nitrogens with zero attached hydrogens (tertiary/aromatic N) is 2. The van der Waals surface area contributed by atoms with Gasteiger partial charge in [-0.2, -0.15) is 0 Å². The van der Waals surface area contributed by atoms with Crippen LogP contribution in [0.1, 0.15) is 0 Å². The predicted octanol–water partition coefficient (Wildman–Crippen LogP) is 2.78. The molecule has 0 saturated carbocycles. The first kappa shape index (κ1) is 11.1. The number of hydrogen-bond acceptors (Lipinski definition) is 5. The Kier molecular flexibility index (Phi) is 2.66. The van der Waals surface area contributed by atoms with E-state index in [4.69, 9.17) is 5.84 Å². The van der Waals surface area contributed by atoms with Crippen molar-refractivity contribution in [3.8, 4) is 11.4 Å². The lowest BCUT2D eigenvalue weighted by Gasteiger charge is -2.05. The molecular formula is C12H9FN4S. The zero-order valence-electron chi connectivity index (χ0n) is 9.22. The highest BCUT2D eigenvalue weighted by Crippen LogP contribution is 2.28. The molecule has 2 heterocycles. The second-order valence-corrected chi connectivity index (χ2v) is 4.55. The fraction of sp³-hybridized carbons (Fsp3) is 0. The third-order valence-electron chi connectivity index (χ3n) is 2.58. The Balaban J connectivity index is 2.27. The van der Waals surface area contributed by atoms with Crippen LogP contribution in [-0.2, 0) is 0 Å². The third kappa shape index (κ3) is 1.71. The van der Waals surface area contributed by atoms with E-state index in [0.29, 0.717) is 17.2 Å². The molecule has 4 nitrogen and oxygen atoms in total. The van der Waals surface area contributed by atoms with Gasteiger partial charge in [0.15, 0.2) is 11.6 Å². The highest BCUT2D eigenvalue weighted by Gasteiger charge is 2.12. The summed E-state index contributed by atoms with van der Waals surface area (Å²) >= 11 is 1.46. The number of thiophene rings is 1. The van der Waals surface area contributed by atoms with Crippen molar-refractivity contribution in [2.24, 2.45) is 5.84 Å². The molecule has 0 saturated heterocycles. The molecule has 3 aromatic rings. The van der Waals surface area contributed by atoms with Gasteiger partial charge in [-0.1, -0.05) is 12.1 Å². The fourth-order valence-corrected chi connectivity index (χ4v) is 2.49. The predicted molar refractivity (Wildman–Crippen MR) is 70.6 cm³/mol. The molecule has 18 heavy (non-hydrogen) atoms. The first-order valence-electron chi connectivity index (χ1n) is 5.26. The monoisotopic (exact) mass is 260 g/mol. The number of aromatic nitrogens is 2. The van der Waals surface area contributed by atoms with Crippen LogP contribution in [-0.4, -0.2) is 9.97 Å². The van der Waals surface area contributed by atoms with Crippen LogP contribution in [0.5, 0.6) is 0 Å². The second kappa shape index (κ2) is 4.32. The van der Waals surface area contributed by atoms with Gasteiger partial charge >= 0.3 is 0 Å². The normalized spacial score (nSPS) is 10.8. The minimum Gasteiger partial charge on any atom is -0.308 e. The number of hydrazine groups is 1. The molecule has 0 aliphatic heterocycles. The smallest absolute Gasteiger partial charge is 0.166 e. The van der Waals surface area contributed by atoms with Crippen LogP contribution in [0.25, 0.3) is 21.6 Å². The highest BCUT2D eigenvalue weighted by atomic mass is 32.1. The molecule has 0 atom stereocenters. The van der Waals surface area contributed by atoms with Crippen molar-refractivity contribution in [3.05, 3.63) is 41.5 Å². The number of fused-ring (bicyclic) bond motifs is 1. The van der Waals surface area contributed by atoms with Crippen LogP contribution in [0.4, 0.5) is 10.2 Å². The molecule has 90 valence electrons. The van der Waals surface area contributed by atoms with Crippen molar-refractivity contribution in [2.45, 2.75) is 0 Å². The van der Waals surface area contributed by atoms with Crippen molar-refractivity contribution >= 4 is 27.4 Å². The number of halogens is 1. The molecule has 2 aromatic heterocycles. The van der Waals surface area contributed by atoms with Gasteiger partial charge in [0.2, 0.25) is 0 Å². The Morgan fingerprint density at radius 1 is 1.17 bits per heavy atom. The Morgan fingerprint density at radius 3 is 2.78 bits per heavy atom. The summed E-state index contributed by atoms with van der Waals surface area (Å²) in [7, 11) is 0. The lowest BCUT2D eigenvalue weighted by Crippen LogP contribution is -2.09. The maximum atomic E-state index is 13.7. The average molecular weight is 260 g/mol. The maximum Gasteiger partial charge on any atom is 0.166 e. The summed E-state index contributed by atoms with van der Waals surface area (Å²) in [6, 6.07) is 8.28. The number of anilines is 1. The average Bonchev–Trinajstić information content (AvgIpc) is 2.86. The molecule has 0 unspecified atom stereocenters. The Bertz CT molecular complexity index is 710. The Labute approximate surface area is 106 Å². The van der Waals surface area contributed by atoms with Gasteiger partial charge in [0, 0.05) is 0 Å². The minimum absolute atomic E-state index is 0.330. The zero-order chi connectivity index (χ0) is 12.5. The van der Waals surface area contributed by atoms with Crippen LogP contribution in [0, 0.1) is 5.82 Å². The quantitative estimate of drug-likeness (QED) is 0.549. The third-order valence-corrected chi connectivity index (χ3v) is 3.38. The van der Waals surface area contributed by atoms with E-state index in [-0.39, 0.29) is 5.82 Å². The van der Waals surface area contributed by atoms with Crippen LogP contribution in [0.3, 0.4) is 0 Å². The molecule has 0 aliphatic rings. The SMILES string of the molecule is NNc1nc(-c2ccccc2F)nc2sccc12. The van der Waals surface area contributed by atoms with Crippen LogP contribution in [0.2, 0.25) is 0 Å². The van der Waals surface area contributed by atoms with Gasteiger partial charge in [0.25, 0.3) is 0 Å². The van der Waals surface area contributed by atoms with Crippen molar-refractivity contribution in [1.82, 2.24) is 9.97 Å². The summed E-state index contributed by atoms with van der Waals surface area (Å²) < 4.78 is 13.7. The van der Waals surface area contributed by atoms with E-state index in [0.717, 1.165) is 10.2 Å². The number of rotatable bonds is 2. The maximum absolute atomic E-state index is 13.7. The first-order chi connectivity index (χ1) is 8.79. The summed E-state index contributed by atoms with van der Waals surface area (Å²) in [5.74, 6) is 5.91. The topological polar surface area (TPSA) is 63.8 Å². The van der Waals surface area contributed by atoms with E-state index >= 15 is 0 Å². The first-order valence-corrected chi connectivity index (χ1v) is 6.14. The largest absolute Gasteiger partial charge is 0.308 e. The van der Waals surface area contributed by atoms with Crippen molar-refractivity contribution in [3.63, 3.8) is 0 Å².